The van der Waals surface area contributed by atoms with Crippen molar-refractivity contribution in [3.8, 4) is 0 Å². The van der Waals surface area contributed by atoms with Gasteiger partial charge in [0, 0.05) is 28.7 Å². The summed E-state index contributed by atoms with van der Waals surface area (Å²) in [5.74, 6) is 0. The summed E-state index contributed by atoms with van der Waals surface area (Å²) in [6.07, 6.45) is 1.08. The van der Waals surface area contributed by atoms with Crippen molar-refractivity contribution in [2.24, 2.45) is 5.73 Å². The fourth-order valence-corrected chi connectivity index (χ4v) is 2.44. The SMILES string of the molecule is CCC(C)N(C)C(CN)c1cc(Cl)cc(Cl)c1. The molecule has 4 heteroatoms. The third-order valence-corrected chi connectivity index (χ3v) is 3.71. The Labute approximate surface area is 114 Å². The van der Waals surface area contributed by atoms with Crippen molar-refractivity contribution in [2.45, 2.75) is 32.4 Å². The summed E-state index contributed by atoms with van der Waals surface area (Å²) >= 11 is 12.1. The number of nitrogens with zero attached hydrogens (tertiary/aromatic N) is 1. The molecule has 96 valence electrons. The van der Waals surface area contributed by atoms with E-state index in [1.165, 1.54) is 0 Å². The van der Waals surface area contributed by atoms with Crippen LogP contribution in [0.3, 0.4) is 0 Å². The molecule has 2 N–H and O–H groups in total. The number of rotatable bonds is 5. The van der Waals surface area contributed by atoms with E-state index in [-0.39, 0.29) is 6.04 Å². The number of nitrogens with two attached hydrogens (primary N) is 1. The van der Waals surface area contributed by atoms with Gasteiger partial charge in [-0.15, -0.1) is 0 Å². The summed E-state index contributed by atoms with van der Waals surface area (Å²) in [7, 11) is 2.08. The molecule has 1 rings (SSSR count). The van der Waals surface area contributed by atoms with Crippen LogP contribution in [-0.4, -0.2) is 24.5 Å². The molecule has 0 aromatic heterocycles. The first-order valence-electron chi connectivity index (χ1n) is 5.87. The number of hydrogen-bond donors (Lipinski definition) is 1. The normalized spacial score (nSPS) is 15.0. The Bertz CT molecular complexity index is 348. The molecule has 0 saturated heterocycles. The number of hydrogen-bond acceptors (Lipinski definition) is 2. The van der Waals surface area contributed by atoms with Gasteiger partial charge in [-0.2, -0.15) is 0 Å². The average Bonchev–Trinajstić information content (AvgIpc) is 2.27. The van der Waals surface area contributed by atoms with Crippen LogP contribution < -0.4 is 5.73 Å². The Morgan fingerprint density at radius 3 is 2.18 bits per heavy atom. The Morgan fingerprint density at radius 1 is 1.24 bits per heavy atom. The Hall–Kier alpha value is -0.280. The minimum absolute atomic E-state index is 0.154. The largest absolute Gasteiger partial charge is 0.329 e. The molecule has 0 fully saturated rings. The zero-order valence-corrected chi connectivity index (χ0v) is 12.1. The van der Waals surface area contributed by atoms with Crippen LogP contribution in [-0.2, 0) is 0 Å². The van der Waals surface area contributed by atoms with E-state index in [2.05, 4.69) is 25.8 Å². The predicted octanol–water partition coefficient (Wildman–Crippen LogP) is 3.72. The van der Waals surface area contributed by atoms with E-state index >= 15 is 0 Å². The maximum absolute atomic E-state index is 6.03. The Kier molecular flexibility index (Phi) is 5.74. The predicted molar refractivity (Wildman–Crippen MR) is 75.8 cm³/mol. The van der Waals surface area contributed by atoms with Gasteiger partial charge in [-0.1, -0.05) is 30.1 Å². The van der Waals surface area contributed by atoms with Gasteiger partial charge in [-0.3, -0.25) is 4.90 Å². The minimum Gasteiger partial charge on any atom is -0.329 e. The second-order valence-electron chi connectivity index (χ2n) is 4.38. The summed E-state index contributed by atoms with van der Waals surface area (Å²) in [4.78, 5) is 2.27. The fraction of sp³-hybridized carbons (Fsp3) is 0.538. The van der Waals surface area contributed by atoms with E-state index in [0.29, 0.717) is 22.6 Å². The van der Waals surface area contributed by atoms with E-state index in [1.807, 2.05) is 12.1 Å². The first kappa shape index (κ1) is 14.8. The molecule has 2 atom stereocenters. The standard InChI is InChI=1S/C13H20Cl2N2/c1-4-9(2)17(3)13(8-16)10-5-11(14)7-12(15)6-10/h5-7,9,13H,4,8,16H2,1-3H3. The van der Waals surface area contributed by atoms with Gasteiger partial charge in [0.05, 0.1) is 0 Å². The van der Waals surface area contributed by atoms with Crippen LogP contribution in [0.15, 0.2) is 18.2 Å². The number of benzene rings is 1. The van der Waals surface area contributed by atoms with Gasteiger partial charge in [0.2, 0.25) is 0 Å². The molecule has 1 aromatic carbocycles. The number of halogens is 2. The van der Waals surface area contributed by atoms with Crippen molar-refractivity contribution >= 4 is 23.2 Å². The zero-order chi connectivity index (χ0) is 13.0. The molecule has 0 radical (unpaired) electrons. The van der Waals surface area contributed by atoms with E-state index in [0.717, 1.165) is 12.0 Å². The van der Waals surface area contributed by atoms with Crippen LogP contribution in [0.5, 0.6) is 0 Å². The van der Waals surface area contributed by atoms with Crippen molar-refractivity contribution in [3.63, 3.8) is 0 Å². The lowest BCUT2D eigenvalue weighted by molar-refractivity contribution is 0.185. The third kappa shape index (κ3) is 3.85. The van der Waals surface area contributed by atoms with Crippen LogP contribution in [0.4, 0.5) is 0 Å². The minimum atomic E-state index is 0.154. The smallest absolute Gasteiger partial charge is 0.0471 e. The fourth-order valence-electron chi connectivity index (χ4n) is 1.90. The molecule has 0 saturated carbocycles. The second kappa shape index (κ2) is 6.60. The summed E-state index contributed by atoms with van der Waals surface area (Å²) in [6.45, 7) is 4.91. The molecular weight excluding hydrogens is 255 g/mol. The van der Waals surface area contributed by atoms with Crippen molar-refractivity contribution in [1.82, 2.24) is 4.90 Å². The van der Waals surface area contributed by atoms with Crippen molar-refractivity contribution in [2.75, 3.05) is 13.6 Å². The van der Waals surface area contributed by atoms with Gasteiger partial charge in [-0.05, 0) is 44.2 Å². The van der Waals surface area contributed by atoms with Crippen molar-refractivity contribution in [3.05, 3.63) is 33.8 Å². The van der Waals surface area contributed by atoms with E-state index < -0.39 is 0 Å². The van der Waals surface area contributed by atoms with Gasteiger partial charge >= 0.3 is 0 Å². The average molecular weight is 275 g/mol. The maximum atomic E-state index is 6.03. The summed E-state index contributed by atoms with van der Waals surface area (Å²) < 4.78 is 0. The first-order chi connectivity index (χ1) is 7.99. The Morgan fingerprint density at radius 2 is 1.76 bits per heavy atom. The molecule has 17 heavy (non-hydrogen) atoms. The molecule has 1 aromatic rings. The van der Waals surface area contributed by atoms with Gasteiger partial charge < -0.3 is 5.73 Å². The third-order valence-electron chi connectivity index (χ3n) is 3.27. The second-order valence-corrected chi connectivity index (χ2v) is 5.25. The molecule has 2 unspecified atom stereocenters. The highest BCUT2D eigenvalue weighted by molar-refractivity contribution is 6.34. The summed E-state index contributed by atoms with van der Waals surface area (Å²) in [6, 6.07) is 6.24. The lowest BCUT2D eigenvalue weighted by atomic mass is 10.0. The summed E-state index contributed by atoms with van der Waals surface area (Å²) in [5.41, 5.74) is 6.95. The molecule has 0 amide bonds. The molecular formula is C13H20Cl2N2. The Balaban J connectivity index is 3.00. The van der Waals surface area contributed by atoms with Gasteiger partial charge in [0.25, 0.3) is 0 Å². The molecule has 0 aliphatic heterocycles. The lowest BCUT2D eigenvalue weighted by Gasteiger charge is -2.32. The lowest BCUT2D eigenvalue weighted by Crippen LogP contribution is -2.36. The number of likely N-dealkylation sites (N-methyl/N-ethyl adjacent to an activating group) is 1. The van der Waals surface area contributed by atoms with Gasteiger partial charge in [-0.25, -0.2) is 0 Å². The van der Waals surface area contributed by atoms with Crippen LogP contribution in [0.25, 0.3) is 0 Å². The molecule has 0 heterocycles. The van der Waals surface area contributed by atoms with Crippen molar-refractivity contribution in [1.29, 1.82) is 0 Å². The van der Waals surface area contributed by atoms with Crippen LogP contribution >= 0.6 is 23.2 Å². The van der Waals surface area contributed by atoms with Gasteiger partial charge in [0.1, 0.15) is 0 Å². The molecule has 0 aliphatic carbocycles. The maximum Gasteiger partial charge on any atom is 0.0471 e. The highest BCUT2D eigenvalue weighted by Gasteiger charge is 2.19. The van der Waals surface area contributed by atoms with Crippen LogP contribution in [0.2, 0.25) is 10.0 Å². The van der Waals surface area contributed by atoms with E-state index in [1.54, 1.807) is 6.07 Å². The van der Waals surface area contributed by atoms with E-state index in [4.69, 9.17) is 28.9 Å². The highest BCUT2D eigenvalue weighted by Crippen LogP contribution is 2.27. The van der Waals surface area contributed by atoms with E-state index in [9.17, 15) is 0 Å². The van der Waals surface area contributed by atoms with Crippen LogP contribution in [0, 0.1) is 0 Å². The molecule has 2 nitrogen and oxygen atoms in total. The molecule has 0 bridgehead atoms. The quantitative estimate of drug-likeness (QED) is 0.887. The first-order valence-corrected chi connectivity index (χ1v) is 6.63. The monoisotopic (exact) mass is 274 g/mol. The molecule has 0 aliphatic rings. The zero-order valence-electron chi connectivity index (χ0n) is 10.6. The topological polar surface area (TPSA) is 29.3 Å². The van der Waals surface area contributed by atoms with Crippen molar-refractivity contribution < 1.29 is 0 Å². The summed E-state index contributed by atoms with van der Waals surface area (Å²) in [5, 5.41) is 1.31. The molecule has 0 spiro atoms. The highest BCUT2D eigenvalue weighted by atomic mass is 35.5. The van der Waals surface area contributed by atoms with Crippen LogP contribution in [0.1, 0.15) is 31.9 Å². The van der Waals surface area contributed by atoms with Gasteiger partial charge in [0.15, 0.2) is 0 Å².